The molecule has 0 aliphatic heterocycles. The Labute approximate surface area is 109 Å². The molecule has 1 aromatic heterocycles. The summed E-state index contributed by atoms with van der Waals surface area (Å²) in [5.41, 5.74) is 1.11. The standard InChI is InChI=1S/C13H10ClNO3/c1-18-13(17)6-12(16)9-4-8-5-10(14)2-3-11(8)15-7-9/h2-5,7H,6H2,1H3. The lowest BCUT2D eigenvalue weighted by Crippen LogP contribution is -2.09. The van der Waals surface area contributed by atoms with Crippen molar-refractivity contribution in [3.8, 4) is 0 Å². The lowest BCUT2D eigenvalue weighted by atomic mass is 10.1. The highest BCUT2D eigenvalue weighted by Gasteiger charge is 2.12. The Morgan fingerprint density at radius 3 is 2.83 bits per heavy atom. The lowest BCUT2D eigenvalue weighted by molar-refractivity contribution is -0.139. The highest BCUT2D eigenvalue weighted by molar-refractivity contribution is 6.31. The van der Waals surface area contributed by atoms with Crippen LogP contribution in [0.15, 0.2) is 30.5 Å². The number of aromatic nitrogens is 1. The van der Waals surface area contributed by atoms with Gasteiger partial charge in [-0.3, -0.25) is 14.6 Å². The normalized spacial score (nSPS) is 10.3. The summed E-state index contributed by atoms with van der Waals surface area (Å²) >= 11 is 5.87. The van der Waals surface area contributed by atoms with Crippen LogP contribution in [0.5, 0.6) is 0 Å². The van der Waals surface area contributed by atoms with Gasteiger partial charge in [-0.15, -0.1) is 0 Å². The van der Waals surface area contributed by atoms with Gasteiger partial charge in [0.2, 0.25) is 0 Å². The summed E-state index contributed by atoms with van der Waals surface area (Å²) in [7, 11) is 1.24. The third kappa shape index (κ3) is 2.65. The number of nitrogens with zero attached hydrogens (tertiary/aromatic N) is 1. The minimum absolute atomic E-state index is 0.287. The fraction of sp³-hybridized carbons (Fsp3) is 0.154. The third-order valence-corrected chi connectivity index (χ3v) is 2.73. The number of methoxy groups -OCH3 is 1. The first-order chi connectivity index (χ1) is 8.60. The van der Waals surface area contributed by atoms with Crippen LogP contribution in [0.3, 0.4) is 0 Å². The summed E-state index contributed by atoms with van der Waals surface area (Å²) < 4.78 is 4.45. The smallest absolute Gasteiger partial charge is 0.313 e. The fourth-order valence-electron chi connectivity index (χ4n) is 1.56. The average Bonchev–Trinajstić information content (AvgIpc) is 2.37. The summed E-state index contributed by atoms with van der Waals surface area (Å²) in [6.07, 6.45) is 1.16. The Kier molecular flexibility index (Phi) is 3.58. The topological polar surface area (TPSA) is 56.3 Å². The zero-order chi connectivity index (χ0) is 13.1. The number of carbonyl (C=O) groups excluding carboxylic acids is 2. The summed E-state index contributed by atoms with van der Waals surface area (Å²) in [6, 6.07) is 6.89. The molecule has 0 radical (unpaired) electrons. The SMILES string of the molecule is COC(=O)CC(=O)c1cnc2ccc(Cl)cc2c1. The van der Waals surface area contributed by atoms with E-state index in [1.54, 1.807) is 24.3 Å². The first-order valence-electron chi connectivity index (χ1n) is 5.25. The van der Waals surface area contributed by atoms with Crippen LogP contribution in [-0.4, -0.2) is 23.8 Å². The predicted molar refractivity (Wildman–Crippen MR) is 67.7 cm³/mol. The van der Waals surface area contributed by atoms with E-state index in [2.05, 4.69) is 9.72 Å². The number of rotatable bonds is 3. The van der Waals surface area contributed by atoms with Crippen molar-refractivity contribution in [1.29, 1.82) is 0 Å². The second-order valence-corrected chi connectivity index (χ2v) is 4.17. The van der Waals surface area contributed by atoms with Crippen molar-refractivity contribution in [2.75, 3.05) is 7.11 Å². The minimum Gasteiger partial charge on any atom is -0.469 e. The van der Waals surface area contributed by atoms with Crippen molar-refractivity contribution >= 4 is 34.3 Å². The van der Waals surface area contributed by atoms with Crippen LogP contribution >= 0.6 is 11.6 Å². The van der Waals surface area contributed by atoms with Gasteiger partial charge in [-0.1, -0.05) is 11.6 Å². The van der Waals surface area contributed by atoms with E-state index in [1.165, 1.54) is 13.3 Å². The van der Waals surface area contributed by atoms with Crippen LogP contribution in [0.2, 0.25) is 5.02 Å². The number of esters is 1. The molecule has 1 aromatic carbocycles. The number of carbonyl (C=O) groups is 2. The number of Topliss-reactive ketones (excluding diaryl/α,β-unsaturated/α-hetero) is 1. The maximum atomic E-state index is 11.8. The Bertz CT molecular complexity index is 625. The molecule has 4 nitrogen and oxygen atoms in total. The summed E-state index contributed by atoms with van der Waals surface area (Å²) in [5.74, 6) is -0.887. The van der Waals surface area contributed by atoms with Crippen molar-refractivity contribution in [1.82, 2.24) is 4.98 Å². The molecule has 0 unspecified atom stereocenters. The van der Waals surface area contributed by atoms with Gasteiger partial charge >= 0.3 is 5.97 Å². The zero-order valence-electron chi connectivity index (χ0n) is 9.64. The fourth-order valence-corrected chi connectivity index (χ4v) is 1.74. The van der Waals surface area contributed by atoms with Gasteiger partial charge in [0.15, 0.2) is 5.78 Å². The molecular weight excluding hydrogens is 254 g/mol. The highest BCUT2D eigenvalue weighted by atomic mass is 35.5. The number of hydrogen-bond donors (Lipinski definition) is 0. The summed E-state index contributed by atoms with van der Waals surface area (Å²) in [5, 5.41) is 1.33. The number of fused-ring (bicyclic) bond motifs is 1. The molecule has 0 spiro atoms. The van der Waals surface area contributed by atoms with Crippen LogP contribution in [0.4, 0.5) is 0 Å². The monoisotopic (exact) mass is 263 g/mol. The van der Waals surface area contributed by atoms with E-state index < -0.39 is 5.97 Å². The van der Waals surface area contributed by atoms with Crippen molar-refractivity contribution in [3.63, 3.8) is 0 Å². The number of pyridine rings is 1. The van der Waals surface area contributed by atoms with Crippen LogP contribution in [0, 0.1) is 0 Å². The third-order valence-electron chi connectivity index (χ3n) is 2.50. The van der Waals surface area contributed by atoms with E-state index in [9.17, 15) is 9.59 Å². The first-order valence-corrected chi connectivity index (χ1v) is 5.63. The van der Waals surface area contributed by atoms with E-state index in [0.717, 1.165) is 10.9 Å². The van der Waals surface area contributed by atoms with Crippen molar-refractivity contribution < 1.29 is 14.3 Å². The number of ether oxygens (including phenoxy) is 1. The molecule has 1 heterocycles. The Hall–Kier alpha value is -1.94. The molecule has 0 aliphatic rings. The van der Waals surface area contributed by atoms with Gasteiger partial charge < -0.3 is 4.74 Å². The van der Waals surface area contributed by atoms with Gasteiger partial charge in [0.05, 0.1) is 12.6 Å². The molecule has 0 bridgehead atoms. The molecule has 0 saturated heterocycles. The number of benzene rings is 1. The van der Waals surface area contributed by atoms with E-state index >= 15 is 0 Å². The van der Waals surface area contributed by atoms with Gasteiger partial charge in [0.1, 0.15) is 6.42 Å². The summed E-state index contributed by atoms with van der Waals surface area (Å²) in [4.78, 5) is 26.9. The molecule has 92 valence electrons. The molecule has 0 N–H and O–H groups in total. The van der Waals surface area contributed by atoms with Gasteiger partial charge in [0, 0.05) is 22.2 Å². The van der Waals surface area contributed by atoms with E-state index in [-0.39, 0.29) is 12.2 Å². The molecule has 0 fully saturated rings. The Balaban J connectivity index is 2.34. The Morgan fingerprint density at radius 2 is 2.11 bits per heavy atom. The van der Waals surface area contributed by atoms with Crippen molar-refractivity contribution in [2.24, 2.45) is 0 Å². The van der Waals surface area contributed by atoms with E-state index in [1.807, 2.05) is 0 Å². The molecular formula is C13H10ClNO3. The largest absolute Gasteiger partial charge is 0.469 e. The second-order valence-electron chi connectivity index (χ2n) is 3.74. The lowest BCUT2D eigenvalue weighted by Gasteiger charge is -2.02. The number of hydrogen-bond acceptors (Lipinski definition) is 4. The van der Waals surface area contributed by atoms with Gasteiger partial charge in [-0.25, -0.2) is 0 Å². The van der Waals surface area contributed by atoms with Crippen LogP contribution in [-0.2, 0) is 9.53 Å². The van der Waals surface area contributed by atoms with E-state index in [4.69, 9.17) is 11.6 Å². The van der Waals surface area contributed by atoms with Crippen molar-refractivity contribution in [3.05, 3.63) is 41.0 Å². The zero-order valence-corrected chi connectivity index (χ0v) is 10.4. The molecule has 0 atom stereocenters. The van der Waals surface area contributed by atoms with Crippen LogP contribution in [0.1, 0.15) is 16.8 Å². The van der Waals surface area contributed by atoms with Crippen molar-refractivity contribution in [2.45, 2.75) is 6.42 Å². The Morgan fingerprint density at radius 1 is 1.33 bits per heavy atom. The second kappa shape index (κ2) is 5.14. The van der Waals surface area contributed by atoms with Crippen LogP contribution < -0.4 is 0 Å². The van der Waals surface area contributed by atoms with Crippen LogP contribution in [0.25, 0.3) is 10.9 Å². The molecule has 2 aromatic rings. The predicted octanol–water partition coefficient (Wildman–Crippen LogP) is 2.63. The molecule has 0 aliphatic carbocycles. The maximum absolute atomic E-state index is 11.8. The minimum atomic E-state index is -0.564. The van der Waals surface area contributed by atoms with Gasteiger partial charge in [-0.05, 0) is 24.3 Å². The molecule has 18 heavy (non-hydrogen) atoms. The van der Waals surface area contributed by atoms with Gasteiger partial charge in [0.25, 0.3) is 0 Å². The molecule has 5 heteroatoms. The summed E-state index contributed by atoms with van der Waals surface area (Å²) in [6.45, 7) is 0. The molecule has 2 rings (SSSR count). The first kappa shape index (κ1) is 12.5. The highest BCUT2D eigenvalue weighted by Crippen LogP contribution is 2.19. The molecule has 0 saturated carbocycles. The molecule has 0 amide bonds. The average molecular weight is 264 g/mol. The van der Waals surface area contributed by atoms with E-state index in [0.29, 0.717) is 10.6 Å². The number of ketones is 1. The van der Waals surface area contributed by atoms with Gasteiger partial charge in [-0.2, -0.15) is 0 Å². The maximum Gasteiger partial charge on any atom is 0.313 e. The number of halogens is 1. The quantitative estimate of drug-likeness (QED) is 0.485.